The Kier molecular flexibility index (Phi) is 3.64. The van der Waals surface area contributed by atoms with Crippen molar-refractivity contribution in [2.45, 2.75) is 50.1 Å². The Morgan fingerprint density at radius 1 is 1.22 bits per heavy atom. The summed E-state index contributed by atoms with van der Waals surface area (Å²) in [6.45, 7) is 3.94. The van der Waals surface area contributed by atoms with Crippen LogP contribution in [0.25, 0.3) is 0 Å². The molecule has 1 heterocycles. The molecule has 5 heteroatoms. The molecule has 0 bridgehead atoms. The van der Waals surface area contributed by atoms with Gasteiger partial charge >= 0.3 is 0 Å². The van der Waals surface area contributed by atoms with E-state index in [4.69, 9.17) is 5.73 Å². The molecule has 0 radical (unpaired) electrons. The van der Waals surface area contributed by atoms with Crippen LogP contribution in [0.2, 0.25) is 0 Å². The van der Waals surface area contributed by atoms with Crippen LogP contribution in [0.3, 0.4) is 0 Å². The van der Waals surface area contributed by atoms with Crippen LogP contribution in [0.4, 0.5) is 5.69 Å². The molecule has 2 atom stereocenters. The monoisotopic (exact) mass is 268 g/mol. The predicted octanol–water partition coefficient (Wildman–Crippen LogP) is 2.22. The highest BCUT2D eigenvalue weighted by molar-refractivity contribution is 7.89. The fraction of sp³-hybridized carbons (Fsp3) is 0.538. The van der Waals surface area contributed by atoms with Crippen molar-refractivity contribution < 1.29 is 8.42 Å². The SMILES string of the molecule is C[C@H]1CCC[C@H](C)N1S(=O)(=O)c1cccc(N)c1. The van der Waals surface area contributed by atoms with Gasteiger partial charge in [-0.25, -0.2) is 8.42 Å². The fourth-order valence-electron chi connectivity index (χ4n) is 2.67. The van der Waals surface area contributed by atoms with Gasteiger partial charge in [0.1, 0.15) is 0 Å². The van der Waals surface area contributed by atoms with Gasteiger partial charge in [0.25, 0.3) is 0 Å². The molecule has 1 saturated heterocycles. The molecule has 1 aromatic carbocycles. The smallest absolute Gasteiger partial charge is 0.243 e. The van der Waals surface area contributed by atoms with E-state index in [-0.39, 0.29) is 12.1 Å². The largest absolute Gasteiger partial charge is 0.399 e. The number of hydrogen-bond acceptors (Lipinski definition) is 3. The van der Waals surface area contributed by atoms with E-state index >= 15 is 0 Å². The van der Waals surface area contributed by atoms with E-state index in [1.54, 1.807) is 22.5 Å². The predicted molar refractivity (Wildman–Crippen MR) is 72.7 cm³/mol. The summed E-state index contributed by atoms with van der Waals surface area (Å²) in [6, 6.07) is 6.63. The third-order valence-corrected chi connectivity index (χ3v) is 5.67. The number of benzene rings is 1. The number of rotatable bonds is 2. The number of sulfonamides is 1. The first-order chi connectivity index (χ1) is 8.43. The zero-order valence-corrected chi connectivity index (χ0v) is 11.7. The van der Waals surface area contributed by atoms with E-state index < -0.39 is 10.0 Å². The van der Waals surface area contributed by atoms with E-state index in [9.17, 15) is 8.42 Å². The quantitative estimate of drug-likeness (QED) is 0.836. The van der Waals surface area contributed by atoms with Gasteiger partial charge in [-0.2, -0.15) is 4.31 Å². The molecule has 1 fully saturated rings. The van der Waals surface area contributed by atoms with Crippen molar-refractivity contribution in [1.82, 2.24) is 4.31 Å². The second-order valence-electron chi connectivity index (χ2n) is 5.04. The maximum absolute atomic E-state index is 12.6. The van der Waals surface area contributed by atoms with E-state index in [1.807, 2.05) is 13.8 Å². The molecule has 100 valence electrons. The fourth-order valence-corrected chi connectivity index (χ4v) is 4.61. The lowest BCUT2D eigenvalue weighted by Crippen LogP contribution is -2.47. The first kappa shape index (κ1) is 13.4. The van der Waals surface area contributed by atoms with E-state index in [0.717, 1.165) is 19.3 Å². The number of hydrogen-bond donors (Lipinski definition) is 1. The van der Waals surface area contributed by atoms with Gasteiger partial charge in [0, 0.05) is 17.8 Å². The maximum atomic E-state index is 12.6. The van der Waals surface area contributed by atoms with Crippen molar-refractivity contribution in [3.05, 3.63) is 24.3 Å². The lowest BCUT2D eigenvalue weighted by Gasteiger charge is -2.37. The molecule has 0 saturated carbocycles. The average molecular weight is 268 g/mol. The van der Waals surface area contributed by atoms with Crippen molar-refractivity contribution >= 4 is 15.7 Å². The van der Waals surface area contributed by atoms with Crippen LogP contribution < -0.4 is 5.73 Å². The molecule has 0 amide bonds. The molecule has 0 unspecified atom stereocenters. The molecule has 4 nitrogen and oxygen atoms in total. The van der Waals surface area contributed by atoms with Gasteiger partial charge in [-0.05, 0) is 44.9 Å². The van der Waals surface area contributed by atoms with Crippen molar-refractivity contribution in [2.75, 3.05) is 5.73 Å². The number of nitrogens with zero attached hydrogens (tertiary/aromatic N) is 1. The Balaban J connectivity index is 2.41. The van der Waals surface area contributed by atoms with Crippen LogP contribution in [0.15, 0.2) is 29.2 Å². The minimum absolute atomic E-state index is 0.0557. The first-order valence-corrected chi connectivity index (χ1v) is 7.76. The van der Waals surface area contributed by atoms with Crippen molar-refractivity contribution in [2.24, 2.45) is 0 Å². The van der Waals surface area contributed by atoms with E-state index in [0.29, 0.717) is 10.6 Å². The molecule has 1 aromatic rings. The van der Waals surface area contributed by atoms with Crippen molar-refractivity contribution in [3.63, 3.8) is 0 Å². The summed E-state index contributed by atoms with van der Waals surface area (Å²) in [6.07, 6.45) is 2.93. The molecule has 0 aliphatic carbocycles. The third-order valence-electron chi connectivity index (χ3n) is 3.55. The Bertz CT molecular complexity index is 518. The number of piperidine rings is 1. The highest BCUT2D eigenvalue weighted by atomic mass is 32.2. The molecule has 18 heavy (non-hydrogen) atoms. The summed E-state index contributed by atoms with van der Waals surface area (Å²) in [5.41, 5.74) is 6.15. The molecule has 2 N–H and O–H groups in total. The van der Waals surface area contributed by atoms with Gasteiger partial charge in [-0.15, -0.1) is 0 Å². The Morgan fingerprint density at radius 3 is 2.39 bits per heavy atom. The van der Waals surface area contributed by atoms with Crippen LogP contribution in [0, 0.1) is 0 Å². The van der Waals surface area contributed by atoms with Crippen LogP contribution in [0.5, 0.6) is 0 Å². The third kappa shape index (κ3) is 2.37. The molecule has 1 aliphatic rings. The van der Waals surface area contributed by atoms with Gasteiger partial charge in [0.05, 0.1) is 4.90 Å². The van der Waals surface area contributed by atoms with Crippen LogP contribution in [0.1, 0.15) is 33.1 Å². The Labute approximate surface area is 109 Å². The molecular formula is C13H20N2O2S. The summed E-state index contributed by atoms with van der Waals surface area (Å²) in [7, 11) is -3.43. The zero-order valence-electron chi connectivity index (χ0n) is 10.8. The lowest BCUT2D eigenvalue weighted by molar-refractivity contribution is 0.204. The molecule has 1 aliphatic heterocycles. The summed E-state index contributed by atoms with van der Waals surface area (Å²) in [5.74, 6) is 0. The Hall–Kier alpha value is -1.07. The summed E-state index contributed by atoms with van der Waals surface area (Å²) >= 11 is 0. The van der Waals surface area contributed by atoms with Gasteiger partial charge in [0.15, 0.2) is 0 Å². The minimum atomic E-state index is -3.43. The second-order valence-corrected chi connectivity index (χ2v) is 6.88. The van der Waals surface area contributed by atoms with Crippen LogP contribution >= 0.6 is 0 Å². The topological polar surface area (TPSA) is 63.4 Å². The van der Waals surface area contributed by atoms with Gasteiger partial charge in [0.2, 0.25) is 10.0 Å². The van der Waals surface area contributed by atoms with E-state index in [1.165, 1.54) is 6.07 Å². The Morgan fingerprint density at radius 2 is 1.83 bits per heavy atom. The highest BCUT2D eigenvalue weighted by Gasteiger charge is 2.35. The van der Waals surface area contributed by atoms with Gasteiger partial charge in [-0.1, -0.05) is 12.5 Å². The summed E-state index contributed by atoms with van der Waals surface area (Å²) in [5, 5.41) is 0. The van der Waals surface area contributed by atoms with Crippen LogP contribution in [-0.2, 0) is 10.0 Å². The lowest BCUT2D eigenvalue weighted by atomic mass is 10.0. The molecule has 2 rings (SSSR count). The van der Waals surface area contributed by atoms with Crippen molar-refractivity contribution in [3.8, 4) is 0 Å². The van der Waals surface area contributed by atoms with Crippen LogP contribution in [-0.4, -0.2) is 24.8 Å². The summed E-state index contributed by atoms with van der Waals surface area (Å²) < 4.78 is 26.9. The first-order valence-electron chi connectivity index (χ1n) is 6.32. The number of anilines is 1. The molecular weight excluding hydrogens is 248 g/mol. The maximum Gasteiger partial charge on any atom is 0.243 e. The second kappa shape index (κ2) is 4.90. The zero-order chi connectivity index (χ0) is 13.3. The minimum Gasteiger partial charge on any atom is -0.399 e. The van der Waals surface area contributed by atoms with Crippen molar-refractivity contribution in [1.29, 1.82) is 0 Å². The molecule has 0 aromatic heterocycles. The van der Waals surface area contributed by atoms with E-state index in [2.05, 4.69) is 0 Å². The van der Waals surface area contributed by atoms with Gasteiger partial charge < -0.3 is 5.73 Å². The number of nitrogen functional groups attached to an aromatic ring is 1. The average Bonchev–Trinajstić information content (AvgIpc) is 2.28. The molecule has 0 spiro atoms. The summed E-state index contributed by atoms with van der Waals surface area (Å²) in [4.78, 5) is 0.295. The normalized spacial score (nSPS) is 26.1. The standard InChI is InChI=1S/C13H20N2O2S/c1-10-5-3-6-11(2)15(10)18(16,17)13-8-4-7-12(14)9-13/h4,7-11H,3,5-6,14H2,1-2H3/t10-,11-/m0/s1. The number of nitrogens with two attached hydrogens (primary N) is 1. The van der Waals surface area contributed by atoms with Gasteiger partial charge in [-0.3, -0.25) is 0 Å². The highest BCUT2D eigenvalue weighted by Crippen LogP contribution is 2.29.